The van der Waals surface area contributed by atoms with Crippen LogP contribution in [0.15, 0.2) is 91.0 Å². The van der Waals surface area contributed by atoms with Gasteiger partial charge < -0.3 is 43.6 Å². The highest BCUT2D eigenvalue weighted by Gasteiger charge is 2.54. The van der Waals surface area contributed by atoms with Crippen molar-refractivity contribution in [2.24, 2.45) is 0 Å². The summed E-state index contributed by atoms with van der Waals surface area (Å²) in [6.07, 6.45) is -7.96. The zero-order valence-electron chi connectivity index (χ0n) is 26.3. The molecule has 3 aromatic rings. The Kier molecular flexibility index (Phi) is 13.8. The van der Waals surface area contributed by atoms with Crippen molar-refractivity contribution in [1.82, 2.24) is 0 Å². The van der Waals surface area contributed by atoms with Crippen LogP contribution in [0.4, 0.5) is 0 Å². The summed E-state index contributed by atoms with van der Waals surface area (Å²) in [4.78, 5) is 0. The van der Waals surface area contributed by atoms with Gasteiger partial charge in [-0.3, -0.25) is 4.18 Å². The normalized spacial score (nSPS) is 28.6. The van der Waals surface area contributed by atoms with Gasteiger partial charge in [-0.15, -0.1) is 0 Å². The molecule has 0 aliphatic carbocycles. The highest BCUT2D eigenvalue weighted by molar-refractivity contribution is 7.97. The predicted molar refractivity (Wildman–Crippen MR) is 175 cm³/mol. The fourth-order valence-electron chi connectivity index (χ4n) is 5.85. The largest absolute Gasteiger partial charge is 0.726 e. The fourth-order valence-corrected chi connectivity index (χ4v) is 9.12. The third-order valence-electron chi connectivity index (χ3n) is 8.28. The third-order valence-corrected chi connectivity index (χ3v) is 11.6. The van der Waals surface area contributed by atoms with Crippen molar-refractivity contribution in [3.63, 3.8) is 0 Å². The third kappa shape index (κ3) is 10.5. The Morgan fingerprint density at radius 3 is 2.00 bits per heavy atom. The molecule has 2 aliphatic rings. The quantitative estimate of drug-likeness (QED) is 0.112. The lowest BCUT2D eigenvalue weighted by molar-refractivity contribution is -0.183. The van der Waals surface area contributed by atoms with Crippen LogP contribution in [-0.2, 0) is 69.0 Å². The van der Waals surface area contributed by atoms with E-state index in [-0.39, 0.29) is 44.7 Å². The summed E-state index contributed by atoms with van der Waals surface area (Å²) in [7, 11) is -6.13. The van der Waals surface area contributed by atoms with Crippen LogP contribution >= 0.6 is 0 Å². The molecule has 0 aromatic heterocycles. The topological polar surface area (TPSA) is 173 Å². The minimum Gasteiger partial charge on any atom is -0.726 e. The van der Waals surface area contributed by atoms with Crippen LogP contribution in [0.25, 0.3) is 0 Å². The van der Waals surface area contributed by atoms with Gasteiger partial charge in [0.2, 0.25) is 10.4 Å². The van der Waals surface area contributed by atoms with E-state index in [4.69, 9.17) is 27.9 Å². The Hall–Kier alpha value is -2.44. The maximum absolute atomic E-state index is 12.3. The Morgan fingerprint density at radius 1 is 0.833 bits per heavy atom. The second kappa shape index (κ2) is 18.0. The van der Waals surface area contributed by atoms with E-state index >= 15 is 0 Å². The molecule has 12 nitrogen and oxygen atoms in total. The summed E-state index contributed by atoms with van der Waals surface area (Å²) >= 11 is 0. The zero-order valence-corrected chi connectivity index (χ0v) is 27.9. The van der Waals surface area contributed by atoms with Crippen molar-refractivity contribution in [3.8, 4) is 0 Å². The fraction of sp³-hybridized carbons (Fsp3) is 0.471. The van der Waals surface area contributed by atoms with Crippen molar-refractivity contribution in [2.45, 2.75) is 67.8 Å². The molecular weight excluding hydrogens is 664 g/mol. The van der Waals surface area contributed by atoms with Crippen LogP contribution in [0.5, 0.6) is 0 Å². The summed E-state index contributed by atoms with van der Waals surface area (Å²) in [5.41, 5.74) is 2.58. The second-order valence-corrected chi connectivity index (χ2v) is 15.0. The van der Waals surface area contributed by atoms with Gasteiger partial charge in [-0.2, -0.15) is 0 Å². The number of rotatable bonds is 16. The number of ether oxygens (including phenoxy) is 5. The number of hydrogen-bond acceptors (Lipinski definition) is 12. The van der Waals surface area contributed by atoms with Crippen molar-refractivity contribution in [2.75, 3.05) is 31.5 Å². The van der Waals surface area contributed by atoms with E-state index < -0.39 is 75.9 Å². The molecule has 1 unspecified atom stereocenters. The van der Waals surface area contributed by atoms with Gasteiger partial charge in [0.15, 0.2) is 5.25 Å². The first-order chi connectivity index (χ1) is 23.2. The van der Waals surface area contributed by atoms with Crippen LogP contribution in [0, 0.1) is 0 Å². The lowest BCUT2D eigenvalue weighted by Crippen LogP contribution is -2.54. The highest BCUT2D eigenvalue weighted by atomic mass is 32.3. The molecule has 14 heteroatoms. The number of hydrogen-bond donors (Lipinski definition) is 3. The molecule has 3 N–H and O–H groups in total. The summed E-state index contributed by atoms with van der Waals surface area (Å²) < 4.78 is 73.1. The molecule has 0 radical (unpaired) electrons. The SMILES string of the molecule is O=S(=O)([O-])O[C@H]1[C@H](OCc2ccccc2)[C@@H]([C@@H](COCc2ccccc2)OCc2ccccc2)OCO[C@@H]1C[S+]1C[C@@H](O)[C@H](O)[C@H]1CO. The van der Waals surface area contributed by atoms with Gasteiger partial charge in [0.1, 0.15) is 61.0 Å². The maximum atomic E-state index is 12.3. The highest BCUT2D eigenvalue weighted by Crippen LogP contribution is 2.32. The number of aliphatic hydroxyl groups excluding tert-OH is 3. The van der Waals surface area contributed by atoms with Crippen LogP contribution in [0.1, 0.15) is 16.7 Å². The van der Waals surface area contributed by atoms with E-state index in [1.807, 2.05) is 91.0 Å². The average Bonchev–Trinajstić information content (AvgIpc) is 3.25. The number of benzene rings is 3. The monoisotopic (exact) mass is 706 g/mol. The molecule has 0 saturated carbocycles. The number of aliphatic hydroxyl groups is 3. The summed E-state index contributed by atoms with van der Waals surface area (Å²) in [5.74, 6) is 0.208. The Bertz CT molecular complexity index is 1470. The van der Waals surface area contributed by atoms with E-state index in [0.717, 1.165) is 16.7 Å². The van der Waals surface area contributed by atoms with E-state index in [0.29, 0.717) is 0 Å². The van der Waals surface area contributed by atoms with Crippen molar-refractivity contribution in [1.29, 1.82) is 0 Å². The standard InChI is InChI=1S/C34H42O12S2/c35-16-30-31(37)27(36)21-47(30)22-29-33(46-48(38,39)40)34(43-19-26-14-8-3-9-15-26)32(45-23-44-29)28(42-18-25-12-6-2-7-13-25)20-41-17-24-10-4-1-5-11-24/h1-15,27-37H,16-23H2/t27-,28-,29-,30-,31+,32-,33-,34-,47?/m1/s1. The summed E-state index contributed by atoms with van der Waals surface area (Å²) in [6.45, 7) is -0.295. The molecule has 2 fully saturated rings. The second-order valence-electron chi connectivity index (χ2n) is 11.7. The molecule has 0 amide bonds. The molecule has 262 valence electrons. The lowest BCUT2D eigenvalue weighted by Gasteiger charge is -2.36. The van der Waals surface area contributed by atoms with Crippen LogP contribution < -0.4 is 0 Å². The molecule has 48 heavy (non-hydrogen) atoms. The Morgan fingerprint density at radius 2 is 1.42 bits per heavy atom. The Labute approximate surface area is 283 Å². The molecule has 0 spiro atoms. The van der Waals surface area contributed by atoms with Crippen LogP contribution in [0.3, 0.4) is 0 Å². The van der Waals surface area contributed by atoms with Crippen LogP contribution in [0.2, 0.25) is 0 Å². The van der Waals surface area contributed by atoms with Gasteiger partial charge in [-0.1, -0.05) is 91.0 Å². The van der Waals surface area contributed by atoms with E-state index in [1.54, 1.807) is 0 Å². The van der Waals surface area contributed by atoms with E-state index in [1.165, 1.54) is 0 Å². The smallest absolute Gasteiger partial charge is 0.218 e. The zero-order chi connectivity index (χ0) is 33.9. The van der Waals surface area contributed by atoms with E-state index in [2.05, 4.69) is 0 Å². The minimum atomic E-state index is -5.30. The van der Waals surface area contributed by atoms with Crippen molar-refractivity contribution >= 4 is 21.3 Å². The van der Waals surface area contributed by atoms with Gasteiger partial charge in [-0.25, -0.2) is 8.42 Å². The maximum Gasteiger partial charge on any atom is 0.218 e. The lowest BCUT2D eigenvalue weighted by atomic mass is 9.99. The molecule has 2 heterocycles. The minimum absolute atomic E-state index is 0.00838. The van der Waals surface area contributed by atoms with Gasteiger partial charge in [0.25, 0.3) is 0 Å². The molecule has 3 aromatic carbocycles. The molecule has 9 atom stereocenters. The van der Waals surface area contributed by atoms with Gasteiger partial charge in [-0.05, 0) is 16.7 Å². The summed E-state index contributed by atoms with van der Waals surface area (Å²) in [6, 6.07) is 28.2. The van der Waals surface area contributed by atoms with Crippen molar-refractivity contribution in [3.05, 3.63) is 108 Å². The first-order valence-electron chi connectivity index (χ1n) is 15.6. The molecule has 2 aliphatic heterocycles. The van der Waals surface area contributed by atoms with Gasteiger partial charge >= 0.3 is 0 Å². The van der Waals surface area contributed by atoms with Gasteiger partial charge in [0.05, 0.1) is 33.0 Å². The first-order valence-corrected chi connectivity index (χ1v) is 18.6. The molecule has 2 saturated heterocycles. The average molecular weight is 707 g/mol. The van der Waals surface area contributed by atoms with Gasteiger partial charge in [0, 0.05) is 10.9 Å². The predicted octanol–water partition coefficient (Wildman–Crippen LogP) is 1.68. The molecule has 0 bridgehead atoms. The molecular formula is C34H42O12S2. The first kappa shape index (κ1) is 36.8. The van der Waals surface area contributed by atoms with Crippen molar-refractivity contribution < 1.29 is 56.2 Å². The molecule has 5 rings (SSSR count). The van der Waals surface area contributed by atoms with Crippen LogP contribution in [-0.4, -0.2) is 108 Å². The van der Waals surface area contributed by atoms with E-state index in [9.17, 15) is 28.3 Å². The summed E-state index contributed by atoms with van der Waals surface area (Å²) in [5, 5.41) is 30.1. The Balaban J connectivity index is 1.46.